The highest BCUT2D eigenvalue weighted by atomic mass is 35.5. The SMILES string of the molecule is Cc1cnn([C@@H](C(=O)N2C[C@H](O)C[C@H]2C(=O)NCc2ccc(-c3scnc3C)cc2OC2CCN(C(=O)C3CCN(c4nccc(Sc5cnc(N6CCC(C)(CN)CC6)cn5)c4Cl)CC3)CC2)C(C)C)c1. The molecule has 4 aromatic heterocycles. The lowest BCUT2D eigenvalue weighted by molar-refractivity contribution is -0.142. The Morgan fingerprint density at radius 3 is 2.39 bits per heavy atom. The topological polar surface area (TPSA) is 201 Å². The maximum absolute atomic E-state index is 14.0. The number of aliphatic hydroxyl groups excluding tert-OH is 1. The summed E-state index contributed by atoms with van der Waals surface area (Å²) in [6.07, 6.45) is 12.9. The van der Waals surface area contributed by atoms with Gasteiger partial charge in [0, 0.05) is 100 Å². The highest BCUT2D eigenvalue weighted by Crippen LogP contribution is 2.40. The van der Waals surface area contributed by atoms with Crippen molar-refractivity contribution in [3.05, 3.63) is 82.6 Å². The molecule has 9 rings (SSSR count). The van der Waals surface area contributed by atoms with E-state index < -0.39 is 18.2 Å². The van der Waals surface area contributed by atoms with Crippen molar-refractivity contribution in [2.75, 3.05) is 62.2 Å². The van der Waals surface area contributed by atoms with Crippen molar-refractivity contribution in [2.45, 2.75) is 120 Å². The van der Waals surface area contributed by atoms with E-state index in [1.54, 1.807) is 34.6 Å². The number of nitrogens with two attached hydrogens (primary N) is 1. The fourth-order valence-corrected chi connectivity index (χ4v) is 12.3. The van der Waals surface area contributed by atoms with Crippen molar-refractivity contribution in [1.82, 2.24) is 44.8 Å². The average molecular weight is 1040 g/mol. The van der Waals surface area contributed by atoms with Gasteiger partial charge in [0.05, 0.1) is 45.8 Å². The van der Waals surface area contributed by atoms with Crippen LogP contribution in [-0.2, 0) is 20.9 Å². The summed E-state index contributed by atoms with van der Waals surface area (Å²) in [4.78, 5) is 70.4. The van der Waals surface area contributed by atoms with Gasteiger partial charge in [-0.25, -0.2) is 19.9 Å². The first kappa shape index (κ1) is 51.6. The maximum atomic E-state index is 14.0. The highest BCUT2D eigenvalue weighted by Gasteiger charge is 2.43. The molecule has 4 aliphatic rings. The zero-order valence-electron chi connectivity index (χ0n) is 41.9. The van der Waals surface area contributed by atoms with Gasteiger partial charge in [0.25, 0.3) is 0 Å². The Morgan fingerprint density at radius 2 is 1.74 bits per heavy atom. The van der Waals surface area contributed by atoms with E-state index in [0.29, 0.717) is 75.0 Å². The van der Waals surface area contributed by atoms with Crippen molar-refractivity contribution < 1.29 is 24.2 Å². The van der Waals surface area contributed by atoms with Crippen LogP contribution in [0.1, 0.15) is 88.6 Å². The molecule has 5 aromatic rings. The van der Waals surface area contributed by atoms with Gasteiger partial charge in [-0.15, -0.1) is 11.3 Å². The van der Waals surface area contributed by atoms with E-state index in [0.717, 1.165) is 68.9 Å². The smallest absolute Gasteiger partial charge is 0.248 e. The Morgan fingerprint density at radius 1 is 0.972 bits per heavy atom. The van der Waals surface area contributed by atoms with Gasteiger partial charge in [0.1, 0.15) is 40.6 Å². The number of thiazole rings is 1. The third-order valence-electron chi connectivity index (χ3n) is 14.9. The monoisotopic (exact) mass is 1040 g/mol. The van der Waals surface area contributed by atoms with Crippen LogP contribution in [0.15, 0.2) is 70.7 Å². The van der Waals surface area contributed by atoms with Gasteiger partial charge in [0.2, 0.25) is 17.7 Å². The molecule has 0 saturated carbocycles. The number of rotatable bonds is 15. The van der Waals surface area contributed by atoms with E-state index >= 15 is 0 Å². The molecule has 8 heterocycles. The molecule has 0 aliphatic carbocycles. The van der Waals surface area contributed by atoms with E-state index in [-0.39, 0.29) is 60.6 Å². The van der Waals surface area contributed by atoms with E-state index in [9.17, 15) is 19.5 Å². The molecule has 0 spiro atoms. The number of aliphatic hydroxyl groups is 1. The summed E-state index contributed by atoms with van der Waals surface area (Å²) in [7, 11) is 0. The number of ether oxygens (including phenoxy) is 1. The average Bonchev–Trinajstić information content (AvgIpc) is 4.13. The third kappa shape index (κ3) is 11.5. The van der Waals surface area contributed by atoms with Gasteiger partial charge in [-0.1, -0.05) is 56.3 Å². The largest absolute Gasteiger partial charge is 0.490 e. The van der Waals surface area contributed by atoms with Gasteiger partial charge in [0.15, 0.2) is 0 Å². The molecule has 1 aromatic carbocycles. The number of hydrogen-bond donors (Lipinski definition) is 3. The summed E-state index contributed by atoms with van der Waals surface area (Å²) in [6, 6.07) is 6.45. The zero-order chi connectivity index (χ0) is 50.7. The number of halogens is 1. The van der Waals surface area contributed by atoms with Gasteiger partial charge in [-0.2, -0.15) is 5.10 Å². The second-order valence-electron chi connectivity index (χ2n) is 20.6. The Labute approximate surface area is 435 Å². The van der Waals surface area contributed by atoms with Crippen LogP contribution in [0.4, 0.5) is 11.6 Å². The fourth-order valence-electron chi connectivity index (χ4n) is 10.4. The number of likely N-dealkylation sites (tertiary alicyclic amines) is 2. The highest BCUT2D eigenvalue weighted by molar-refractivity contribution is 7.99. The molecule has 4 N–H and O–H groups in total. The molecule has 4 fully saturated rings. The summed E-state index contributed by atoms with van der Waals surface area (Å²) in [5.74, 6) is 1.64. The normalized spacial score (nSPS) is 20.3. The molecule has 3 amide bonds. The number of nitrogens with zero attached hydrogens (tertiary/aromatic N) is 10. The van der Waals surface area contributed by atoms with Gasteiger partial charge in [-0.05, 0) is 80.7 Å². The van der Waals surface area contributed by atoms with Crippen molar-refractivity contribution in [3.63, 3.8) is 0 Å². The van der Waals surface area contributed by atoms with Crippen molar-refractivity contribution in [2.24, 2.45) is 23.0 Å². The molecule has 384 valence electrons. The first-order chi connectivity index (χ1) is 34.7. The number of pyridine rings is 1. The van der Waals surface area contributed by atoms with Crippen LogP contribution in [-0.4, -0.2) is 133 Å². The molecule has 72 heavy (non-hydrogen) atoms. The van der Waals surface area contributed by atoms with E-state index in [4.69, 9.17) is 32.0 Å². The number of benzene rings is 1. The maximum Gasteiger partial charge on any atom is 0.248 e. The molecule has 0 unspecified atom stereocenters. The Balaban J connectivity index is 0.786. The molecule has 3 atom stereocenters. The van der Waals surface area contributed by atoms with E-state index in [1.807, 2.05) is 74.8 Å². The second kappa shape index (κ2) is 22.4. The number of carbonyl (C=O) groups excluding carboxylic acids is 3. The lowest BCUT2D eigenvalue weighted by Gasteiger charge is -2.39. The van der Waals surface area contributed by atoms with Gasteiger partial charge < -0.3 is 40.5 Å². The Bertz CT molecular complexity index is 2700. The first-order valence-electron chi connectivity index (χ1n) is 25.3. The van der Waals surface area contributed by atoms with Crippen LogP contribution >= 0.6 is 34.7 Å². The fraction of sp³-hybridized carbons (Fsp3) is 0.538. The predicted molar refractivity (Wildman–Crippen MR) is 280 cm³/mol. The minimum absolute atomic E-state index is 0.0709. The summed E-state index contributed by atoms with van der Waals surface area (Å²) in [5.41, 5.74) is 11.6. The number of hydrogen-bond acceptors (Lipinski definition) is 15. The standard InChI is InChI=1S/C52H67ClN12O5S2/c1-32(2)46(65-28-33(3)24-60-65)51(69)64-29-38(66)23-40(64)49(67)58-25-37-7-6-36(47-34(4)59-31-71-47)22-41(37)70-39-11-18-63(19-12-39)50(68)35-9-16-62(17-10-35)48-45(53)42(8-15-55-48)72-44-27-56-43(26-57-44)61-20-13-52(5,30-54)14-21-61/h6-8,15,22,24,26-28,31-32,35,38-40,46,66H,9-14,16-21,23,25,29-30,54H2,1-5H3,(H,58,67)/t38-,40+,46-/m1/s1. The molecule has 17 nitrogen and oxygen atoms in total. The third-order valence-corrected chi connectivity index (χ3v) is 17.4. The zero-order valence-corrected chi connectivity index (χ0v) is 44.3. The quantitative estimate of drug-likeness (QED) is 0.0974. The van der Waals surface area contributed by atoms with E-state index in [1.165, 1.54) is 16.7 Å². The molecule has 0 radical (unpaired) electrons. The molecular weight excluding hydrogens is 972 g/mol. The predicted octanol–water partition coefficient (Wildman–Crippen LogP) is 6.94. The van der Waals surface area contributed by atoms with Gasteiger partial charge in [-0.3, -0.25) is 19.1 Å². The number of aromatic nitrogens is 6. The first-order valence-corrected chi connectivity index (χ1v) is 27.3. The Kier molecular flexibility index (Phi) is 16.1. The summed E-state index contributed by atoms with van der Waals surface area (Å²) in [6.45, 7) is 15.3. The Hall–Kier alpha value is -5.34. The molecular formula is C52H67ClN12O5S2. The molecule has 0 bridgehead atoms. The number of nitrogens with one attached hydrogen (secondary N) is 1. The summed E-state index contributed by atoms with van der Waals surface area (Å²) >= 11 is 10.0. The van der Waals surface area contributed by atoms with Crippen LogP contribution < -0.4 is 25.6 Å². The number of aryl methyl sites for hydroxylation is 2. The van der Waals surface area contributed by atoms with Crippen LogP contribution in [0.3, 0.4) is 0 Å². The van der Waals surface area contributed by atoms with Crippen molar-refractivity contribution >= 4 is 64.1 Å². The van der Waals surface area contributed by atoms with Crippen LogP contribution in [0.25, 0.3) is 10.4 Å². The summed E-state index contributed by atoms with van der Waals surface area (Å²) < 4.78 is 8.44. The minimum Gasteiger partial charge on any atom is -0.490 e. The number of anilines is 2. The number of piperidine rings is 3. The lowest BCUT2D eigenvalue weighted by atomic mass is 9.80. The van der Waals surface area contributed by atoms with Crippen LogP contribution in [0.2, 0.25) is 5.02 Å². The summed E-state index contributed by atoms with van der Waals surface area (Å²) in [5, 5.41) is 19.5. The minimum atomic E-state index is -0.835. The van der Waals surface area contributed by atoms with Crippen molar-refractivity contribution in [1.29, 1.82) is 0 Å². The van der Waals surface area contributed by atoms with Crippen LogP contribution in [0.5, 0.6) is 5.75 Å². The van der Waals surface area contributed by atoms with Crippen LogP contribution in [0, 0.1) is 31.1 Å². The van der Waals surface area contributed by atoms with Gasteiger partial charge >= 0.3 is 0 Å². The molecule has 4 aliphatic heterocycles. The molecule has 20 heteroatoms. The lowest BCUT2D eigenvalue weighted by Crippen LogP contribution is -2.49. The van der Waals surface area contributed by atoms with Crippen molar-refractivity contribution in [3.8, 4) is 16.2 Å². The number of carbonyl (C=O) groups is 3. The second-order valence-corrected chi connectivity index (χ2v) is 22.9. The number of amides is 3. The van der Waals surface area contributed by atoms with E-state index in [2.05, 4.69) is 37.1 Å². The molecule has 4 saturated heterocycles. The number of β-amino-alcohol motifs (C(OH)–C–C–N with tert-alkyl or cyclic N) is 1.